The van der Waals surface area contributed by atoms with Crippen LogP contribution in [0, 0.1) is 0 Å². The highest BCUT2D eigenvalue weighted by Crippen LogP contribution is 2.21. The van der Waals surface area contributed by atoms with Crippen molar-refractivity contribution in [2.75, 3.05) is 59.1 Å². The number of carbonyl (C=O) groups excluding carboxylic acids is 6. The average molecular weight is 764 g/mol. The van der Waals surface area contributed by atoms with Gasteiger partial charge < -0.3 is 61.1 Å². The van der Waals surface area contributed by atoms with Gasteiger partial charge in [-0.25, -0.2) is 5.48 Å². The summed E-state index contributed by atoms with van der Waals surface area (Å²) >= 11 is 0. The zero-order valence-electron chi connectivity index (χ0n) is 29.7. The molecule has 0 aromatic carbocycles. The zero-order valence-corrected chi connectivity index (χ0v) is 29.7. The fourth-order valence-corrected chi connectivity index (χ4v) is 5.40. The molecule has 3 saturated heterocycles. The number of hydroxylamine groups is 3. The van der Waals surface area contributed by atoms with Gasteiger partial charge in [0.1, 0.15) is 24.4 Å². The van der Waals surface area contributed by atoms with E-state index in [1.54, 1.807) is 0 Å². The normalized spacial score (nSPS) is 26.7. The predicted molar refractivity (Wildman–Crippen MR) is 177 cm³/mol. The molecule has 0 saturated carbocycles. The number of hydrogen-bond acceptors (Lipinski definition) is 17. The third-order valence-electron chi connectivity index (χ3n) is 8.41. The minimum atomic E-state index is -1.51. The summed E-state index contributed by atoms with van der Waals surface area (Å²) in [5, 5.41) is 48.1. The Labute approximate surface area is 305 Å². The molecule has 22 nitrogen and oxygen atoms in total. The Hall–Kier alpha value is -3.42. The summed E-state index contributed by atoms with van der Waals surface area (Å²) in [6, 6.07) is -1.01. The first-order valence-corrected chi connectivity index (χ1v) is 17.6. The molecule has 6 amide bonds. The molecule has 8 atom stereocenters. The van der Waals surface area contributed by atoms with E-state index >= 15 is 0 Å². The van der Waals surface area contributed by atoms with E-state index in [1.807, 2.05) is 5.48 Å². The summed E-state index contributed by atoms with van der Waals surface area (Å²) in [5.41, 5.74) is 7.83. The van der Waals surface area contributed by atoms with Crippen molar-refractivity contribution in [1.82, 2.24) is 31.4 Å². The molecule has 53 heavy (non-hydrogen) atoms. The van der Waals surface area contributed by atoms with Gasteiger partial charge in [0.05, 0.1) is 45.0 Å². The fraction of sp³-hybridized carbons (Fsp3) is 0.806. The molecule has 0 unspecified atom stereocenters. The van der Waals surface area contributed by atoms with E-state index in [4.69, 9.17) is 29.6 Å². The van der Waals surface area contributed by atoms with Gasteiger partial charge in [0.15, 0.2) is 12.6 Å². The van der Waals surface area contributed by atoms with E-state index in [9.17, 15) is 49.2 Å². The number of unbranched alkanes of at least 4 members (excludes halogenated alkanes) is 1. The Balaban J connectivity index is 1.39. The van der Waals surface area contributed by atoms with E-state index in [1.165, 1.54) is 11.8 Å². The van der Waals surface area contributed by atoms with Crippen molar-refractivity contribution in [2.45, 2.75) is 101 Å². The summed E-state index contributed by atoms with van der Waals surface area (Å²) < 4.78 is 21.6. The minimum Gasteiger partial charge on any atom is -0.388 e. The molecule has 3 fully saturated rings. The highest BCUT2D eigenvalue weighted by molar-refractivity contribution is 6.00. The number of hydrogen-bond donors (Lipinski definition) is 9. The number of aliphatic hydroxyl groups is 4. The van der Waals surface area contributed by atoms with Crippen LogP contribution < -0.4 is 27.2 Å². The predicted octanol–water partition coefficient (Wildman–Crippen LogP) is -5.40. The molecule has 3 rings (SSSR count). The first-order valence-electron chi connectivity index (χ1n) is 17.6. The molecule has 3 aliphatic rings. The van der Waals surface area contributed by atoms with Crippen molar-refractivity contribution in [3.8, 4) is 0 Å². The van der Waals surface area contributed by atoms with Crippen molar-refractivity contribution in [1.29, 1.82) is 0 Å². The second-order valence-electron chi connectivity index (χ2n) is 12.8. The lowest BCUT2D eigenvalue weighted by atomic mass is 10.0. The molecular formula is C31H53N7O15. The lowest BCUT2D eigenvalue weighted by molar-refractivity contribution is -0.292. The van der Waals surface area contributed by atoms with E-state index in [2.05, 4.69) is 16.0 Å². The summed E-state index contributed by atoms with van der Waals surface area (Å²) in [4.78, 5) is 79.5. The highest BCUT2D eigenvalue weighted by atomic mass is 16.8. The van der Waals surface area contributed by atoms with Gasteiger partial charge in [0.2, 0.25) is 17.7 Å². The van der Waals surface area contributed by atoms with Crippen LogP contribution in [-0.2, 0) is 52.7 Å². The van der Waals surface area contributed by atoms with Gasteiger partial charge in [-0.1, -0.05) is 0 Å². The van der Waals surface area contributed by atoms with Gasteiger partial charge >= 0.3 is 0 Å². The van der Waals surface area contributed by atoms with Crippen LogP contribution in [0.4, 0.5) is 0 Å². The molecule has 3 heterocycles. The van der Waals surface area contributed by atoms with Gasteiger partial charge in [-0.15, -0.1) is 10.0 Å². The molecule has 10 N–H and O–H groups in total. The summed E-state index contributed by atoms with van der Waals surface area (Å²) in [5.74, 6) is -3.44. The molecule has 302 valence electrons. The first kappa shape index (κ1) is 44.0. The molecule has 3 aliphatic heterocycles. The Bertz CT molecular complexity index is 1220. The van der Waals surface area contributed by atoms with Gasteiger partial charge in [-0.05, 0) is 39.0 Å². The second kappa shape index (κ2) is 22.7. The van der Waals surface area contributed by atoms with Crippen LogP contribution in [0.25, 0.3) is 0 Å². The summed E-state index contributed by atoms with van der Waals surface area (Å²) in [6.07, 6.45) is -5.60. The van der Waals surface area contributed by atoms with Crippen LogP contribution >= 0.6 is 0 Å². The standard InChI is InChI=1S/C31H53N7O15/c1-18-26(45)27(46)28(47)31(52-18)51-14-11-35-23(42)17-37(16-22(41)34-10-13-50-30-20(39)6-4-12-49-30)15-21(40)33-9-3-2-5-19(32)29(48)36-53-38-24(43)7-8-25(38)44/h18-20,26-28,30-31,39,45-47H,2-17,32H2,1H3,(H,33,40)(H,34,41)(H,35,42)(H,36,48)/t18-,19-,20-,26+,27+,28-,30-,31+/m0/s1. The number of carbonyl (C=O) groups is 6. The lowest BCUT2D eigenvalue weighted by Gasteiger charge is -2.38. The Kier molecular flexibility index (Phi) is 18.9. The maximum absolute atomic E-state index is 12.8. The average Bonchev–Trinajstić information content (AvgIpc) is 3.44. The number of rotatable bonds is 22. The Morgan fingerprint density at radius 2 is 1.42 bits per heavy atom. The van der Waals surface area contributed by atoms with Crippen LogP contribution in [0.15, 0.2) is 0 Å². The molecule has 0 aromatic rings. The SMILES string of the molecule is C[C@@H]1O[C@@H](OCCNC(=O)CN(CC(=O)NCCCC[C@H](N)C(=O)NON2C(=O)CCC2=O)CC(=O)NCCO[C@@H]2OCCC[C@@H]2O)[C@@H](O)[C@H](O)[C@@H]1O. The number of aliphatic hydroxyl groups excluding tert-OH is 4. The second-order valence-corrected chi connectivity index (χ2v) is 12.8. The van der Waals surface area contributed by atoms with Crippen LogP contribution in [0.3, 0.4) is 0 Å². The van der Waals surface area contributed by atoms with Crippen molar-refractivity contribution in [3.63, 3.8) is 0 Å². The smallest absolute Gasteiger partial charge is 0.262 e. The van der Waals surface area contributed by atoms with E-state index in [-0.39, 0.29) is 71.7 Å². The topological polar surface area (TPSA) is 310 Å². The summed E-state index contributed by atoms with van der Waals surface area (Å²) in [7, 11) is 0. The number of nitrogens with one attached hydrogen (secondary N) is 4. The van der Waals surface area contributed by atoms with E-state index in [0.717, 1.165) is 0 Å². The van der Waals surface area contributed by atoms with Crippen LogP contribution in [0.1, 0.15) is 51.9 Å². The zero-order chi connectivity index (χ0) is 38.9. The molecule has 0 aromatic heterocycles. The Morgan fingerprint density at radius 1 is 0.849 bits per heavy atom. The highest BCUT2D eigenvalue weighted by Gasteiger charge is 2.42. The maximum Gasteiger partial charge on any atom is 0.262 e. The number of nitrogens with zero attached hydrogens (tertiary/aromatic N) is 2. The molecule has 0 spiro atoms. The third kappa shape index (κ3) is 15.1. The van der Waals surface area contributed by atoms with Crippen LogP contribution in [0.5, 0.6) is 0 Å². The number of ether oxygens (including phenoxy) is 4. The molecule has 0 radical (unpaired) electrons. The van der Waals surface area contributed by atoms with Gasteiger partial charge in [0.25, 0.3) is 17.7 Å². The summed E-state index contributed by atoms with van der Waals surface area (Å²) in [6.45, 7) is 1.09. The molecule has 0 aliphatic carbocycles. The first-order chi connectivity index (χ1) is 25.3. The lowest BCUT2D eigenvalue weighted by Crippen LogP contribution is -2.57. The van der Waals surface area contributed by atoms with Crippen LogP contribution in [0.2, 0.25) is 0 Å². The molecule has 0 bridgehead atoms. The van der Waals surface area contributed by atoms with Gasteiger partial charge in [-0.2, -0.15) is 0 Å². The number of amides is 6. The number of nitrogens with two attached hydrogens (primary N) is 1. The van der Waals surface area contributed by atoms with Crippen molar-refractivity contribution in [2.24, 2.45) is 5.73 Å². The maximum atomic E-state index is 12.8. The molecular weight excluding hydrogens is 710 g/mol. The van der Waals surface area contributed by atoms with Crippen LogP contribution in [-0.4, -0.2) is 174 Å². The third-order valence-corrected chi connectivity index (χ3v) is 8.41. The van der Waals surface area contributed by atoms with E-state index < -0.39 is 84.6 Å². The fourth-order valence-electron chi connectivity index (χ4n) is 5.40. The van der Waals surface area contributed by atoms with Crippen molar-refractivity contribution < 1.29 is 73.1 Å². The minimum absolute atomic E-state index is 0.0124. The largest absolute Gasteiger partial charge is 0.388 e. The van der Waals surface area contributed by atoms with E-state index in [0.29, 0.717) is 37.4 Å². The molecule has 22 heteroatoms. The van der Waals surface area contributed by atoms with Gasteiger partial charge in [-0.3, -0.25) is 33.7 Å². The monoisotopic (exact) mass is 763 g/mol. The van der Waals surface area contributed by atoms with Crippen molar-refractivity contribution >= 4 is 35.4 Å². The Morgan fingerprint density at radius 3 is 2.00 bits per heavy atom. The van der Waals surface area contributed by atoms with Gasteiger partial charge in [0, 0.05) is 39.1 Å². The number of imide groups is 1. The quantitative estimate of drug-likeness (QED) is 0.0282. The van der Waals surface area contributed by atoms with Crippen molar-refractivity contribution in [3.05, 3.63) is 0 Å².